The Hall–Kier alpha value is -1.89. The van der Waals surface area contributed by atoms with Crippen molar-refractivity contribution in [3.8, 4) is 0 Å². The van der Waals surface area contributed by atoms with Gasteiger partial charge in [0.1, 0.15) is 4.90 Å². The van der Waals surface area contributed by atoms with Crippen LogP contribution in [0.4, 0.5) is 5.69 Å². The zero-order valence-corrected chi connectivity index (χ0v) is 15.0. The minimum absolute atomic E-state index is 0.0213. The maximum atomic E-state index is 12.3. The highest BCUT2D eigenvalue weighted by Crippen LogP contribution is 2.23. The predicted octanol–water partition coefficient (Wildman–Crippen LogP) is 3.75. The Morgan fingerprint density at radius 1 is 1.21 bits per heavy atom. The molecule has 0 saturated heterocycles. The Kier molecular flexibility index (Phi) is 5.64. The van der Waals surface area contributed by atoms with E-state index in [1.165, 1.54) is 23.8 Å². The fourth-order valence-electron chi connectivity index (χ4n) is 2.20. The number of anilines is 1. The molecule has 0 aromatic heterocycles. The minimum atomic E-state index is -3.99. The van der Waals surface area contributed by atoms with E-state index in [-0.39, 0.29) is 15.5 Å². The zero-order chi connectivity index (χ0) is 17.9. The molecule has 5 nitrogen and oxygen atoms in total. The van der Waals surface area contributed by atoms with Crippen LogP contribution in [0, 0.1) is 0 Å². The van der Waals surface area contributed by atoms with Crippen LogP contribution in [0.25, 0.3) is 0 Å². The Labute approximate surface area is 146 Å². The smallest absolute Gasteiger partial charge is 0.255 e. The molecule has 0 aliphatic rings. The molecule has 0 heterocycles. The lowest BCUT2D eigenvalue weighted by molar-refractivity contribution is 0.102. The van der Waals surface area contributed by atoms with E-state index in [2.05, 4.69) is 19.2 Å². The summed E-state index contributed by atoms with van der Waals surface area (Å²) < 4.78 is 23.0. The molecule has 2 aromatic rings. The van der Waals surface area contributed by atoms with Crippen molar-refractivity contribution in [3.05, 3.63) is 58.6 Å². The second-order valence-corrected chi connectivity index (χ2v) is 7.51. The Morgan fingerprint density at radius 3 is 2.38 bits per heavy atom. The summed E-state index contributed by atoms with van der Waals surface area (Å²) in [6.45, 7) is 4.25. The van der Waals surface area contributed by atoms with Crippen LogP contribution in [0.15, 0.2) is 47.4 Å². The summed E-state index contributed by atoms with van der Waals surface area (Å²) in [7, 11) is -3.99. The van der Waals surface area contributed by atoms with Crippen molar-refractivity contribution in [2.75, 3.05) is 5.32 Å². The summed E-state index contributed by atoms with van der Waals surface area (Å²) in [5.41, 5.74) is 1.98. The molecular formula is C17H19ClN2O3S. The maximum absolute atomic E-state index is 12.3. The van der Waals surface area contributed by atoms with E-state index in [1.807, 2.05) is 24.3 Å². The molecule has 1 atom stereocenters. The number of nitrogens with one attached hydrogen (secondary N) is 1. The average molecular weight is 367 g/mol. The van der Waals surface area contributed by atoms with Gasteiger partial charge in [-0.1, -0.05) is 37.6 Å². The van der Waals surface area contributed by atoms with Gasteiger partial charge < -0.3 is 5.32 Å². The molecule has 0 fully saturated rings. The van der Waals surface area contributed by atoms with Gasteiger partial charge in [-0.25, -0.2) is 13.6 Å². The van der Waals surface area contributed by atoms with E-state index in [1.54, 1.807) is 0 Å². The SMILES string of the molecule is CC[C@H](C)c1ccc(NC(=O)c2ccc(Cl)c(S(N)(=O)=O)c2)cc1. The molecule has 0 aliphatic heterocycles. The van der Waals surface area contributed by atoms with Gasteiger partial charge in [0.15, 0.2) is 0 Å². The van der Waals surface area contributed by atoms with Gasteiger partial charge in [0.25, 0.3) is 5.91 Å². The number of carbonyl (C=O) groups is 1. The standard InChI is InChI=1S/C17H19ClN2O3S/c1-3-11(2)12-4-7-14(8-5-12)20-17(21)13-6-9-15(18)16(10-13)24(19,22)23/h4-11H,3H2,1-2H3,(H,20,21)(H2,19,22,23)/t11-/m0/s1. The van der Waals surface area contributed by atoms with Gasteiger partial charge in [0.2, 0.25) is 10.0 Å². The summed E-state index contributed by atoms with van der Waals surface area (Å²) >= 11 is 5.82. The molecule has 0 aliphatic carbocycles. The number of benzene rings is 2. The third kappa shape index (κ3) is 4.35. The van der Waals surface area contributed by atoms with Crippen molar-refractivity contribution in [3.63, 3.8) is 0 Å². The second-order valence-electron chi connectivity index (χ2n) is 5.58. The first-order chi connectivity index (χ1) is 11.2. The zero-order valence-electron chi connectivity index (χ0n) is 13.4. The van der Waals surface area contributed by atoms with Crippen molar-refractivity contribution >= 4 is 33.2 Å². The molecule has 24 heavy (non-hydrogen) atoms. The lowest BCUT2D eigenvalue weighted by atomic mass is 9.98. The first-order valence-corrected chi connectivity index (χ1v) is 9.38. The summed E-state index contributed by atoms with van der Waals surface area (Å²) in [6.07, 6.45) is 1.03. The number of carbonyl (C=O) groups excluding carboxylic acids is 1. The van der Waals surface area contributed by atoms with Crippen LogP contribution in [-0.2, 0) is 10.0 Å². The van der Waals surface area contributed by atoms with Gasteiger partial charge in [-0.05, 0) is 48.2 Å². The second kappa shape index (κ2) is 7.34. The average Bonchev–Trinajstić information content (AvgIpc) is 2.54. The number of hydrogen-bond donors (Lipinski definition) is 2. The number of sulfonamides is 1. The quantitative estimate of drug-likeness (QED) is 0.844. The van der Waals surface area contributed by atoms with Gasteiger partial charge in [-0.15, -0.1) is 0 Å². The molecule has 0 spiro atoms. The molecule has 0 radical (unpaired) electrons. The first-order valence-electron chi connectivity index (χ1n) is 7.46. The van der Waals surface area contributed by atoms with E-state index in [0.29, 0.717) is 11.6 Å². The van der Waals surface area contributed by atoms with Crippen LogP contribution in [0.1, 0.15) is 42.1 Å². The van der Waals surface area contributed by atoms with Crippen molar-refractivity contribution in [2.24, 2.45) is 5.14 Å². The van der Waals surface area contributed by atoms with Gasteiger partial charge >= 0.3 is 0 Å². The molecule has 1 amide bonds. The number of amides is 1. The van der Waals surface area contributed by atoms with Gasteiger partial charge in [0.05, 0.1) is 5.02 Å². The summed E-state index contributed by atoms with van der Waals surface area (Å²) in [4.78, 5) is 12.0. The van der Waals surface area contributed by atoms with E-state index in [0.717, 1.165) is 6.42 Å². The summed E-state index contributed by atoms with van der Waals surface area (Å²) in [5, 5.41) is 7.79. The fourth-order valence-corrected chi connectivity index (χ4v) is 3.27. The highest BCUT2D eigenvalue weighted by molar-refractivity contribution is 7.89. The van der Waals surface area contributed by atoms with Crippen molar-refractivity contribution in [1.29, 1.82) is 0 Å². The molecule has 7 heteroatoms. The lowest BCUT2D eigenvalue weighted by Crippen LogP contribution is -2.16. The highest BCUT2D eigenvalue weighted by atomic mass is 35.5. The summed E-state index contributed by atoms with van der Waals surface area (Å²) in [5.74, 6) is 0.0104. The Bertz CT molecular complexity index is 849. The van der Waals surface area contributed by atoms with E-state index >= 15 is 0 Å². The summed E-state index contributed by atoms with van der Waals surface area (Å²) in [6, 6.07) is 11.5. The number of hydrogen-bond acceptors (Lipinski definition) is 3. The molecular weight excluding hydrogens is 348 g/mol. The Morgan fingerprint density at radius 2 is 1.83 bits per heavy atom. The molecule has 3 N–H and O–H groups in total. The van der Waals surface area contributed by atoms with E-state index in [9.17, 15) is 13.2 Å². The monoisotopic (exact) mass is 366 g/mol. The van der Waals surface area contributed by atoms with Gasteiger partial charge in [0, 0.05) is 11.3 Å². The predicted molar refractivity (Wildman–Crippen MR) is 95.9 cm³/mol. The fraction of sp³-hybridized carbons (Fsp3) is 0.235. The van der Waals surface area contributed by atoms with Crippen LogP contribution in [-0.4, -0.2) is 14.3 Å². The van der Waals surface area contributed by atoms with Crippen LogP contribution in [0.3, 0.4) is 0 Å². The van der Waals surface area contributed by atoms with Crippen molar-refractivity contribution < 1.29 is 13.2 Å². The van der Waals surface area contributed by atoms with Crippen LogP contribution in [0.5, 0.6) is 0 Å². The molecule has 128 valence electrons. The van der Waals surface area contributed by atoms with Crippen LogP contribution < -0.4 is 10.5 Å². The van der Waals surface area contributed by atoms with Gasteiger partial charge in [-0.2, -0.15) is 0 Å². The molecule has 0 saturated carbocycles. The van der Waals surface area contributed by atoms with E-state index in [4.69, 9.17) is 16.7 Å². The number of primary sulfonamides is 1. The lowest BCUT2D eigenvalue weighted by Gasteiger charge is -2.11. The number of rotatable bonds is 5. The van der Waals surface area contributed by atoms with Crippen LogP contribution in [0.2, 0.25) is 5.02 Å². The molecule has 0 bridgehead atoms. The van der Waals surface area contributed by atoms with Gasteiger partial charge in [-0.3, -0.25) is 4.79 Å². The van der Waals surface area contributed by atoms with Crippen molar-refractivity contribution in [2.45, 2.75) is 31.1 Å². The first kappa shape index (κ1) is 18.4. The minimum Gasteiger partial charge on any atom is -0.322 e. The topological polar surface area (TPSA) is 89.3 Å². The maximum Gasteiger partial charge on any atom is 0.255 e. The molecule has 2 aromatic carbocycles. The number of halogens is 1. The normalized spacial score (nSPS) is 12.7. The van der Waals surface area contributed by atoms with Crippen LogP contribution >= 0.6 is 11.6 Å². The Balaban J connectivity index is 2.21. The molecule has 0 unspecified atom stereocenters. The largest absolute Gasteiger partial charge is 0.322 e. The highest BCUT2D eigenvalue weighted by Gasteiger charge is 2.16. The third-order valence-corrected chi connectivity index (χ3v) is 5.24. The molecule has 2 rings (SSSR count). The number of nitrogens with two attached hydrogens (primary N) is 1. The van der Waals surface area contributed by atoms with Crippen molar-refractivity contribution in [1.82, 2.24) is 0 Å². The van der Waals surface area contributed by atoms with E-state index < -0.39 is 15.9 Å². The third-order valence-electron chi connectivity index (χ3n) is 3.85.